The molecule has 0 aromatic carbocycles. The fourth-order valence-corrected chi connectivity index (χ4v) is 2.40. The van der Waals surface area contributed by atoms with Crippen LogP contribution in [0.25, 0.3) is 15.9 Å². The zero-order valence-electron chi connectivity index (χ0n) is 7.01. The Morgan fingerprint density at radius 1 is 1.50 bits per heavy atom. The van der Waals surface area contributed by atoms with E-state index in [0.29, 0.717) is 5.88 Å². The van der Waals surface area contributed by atoms with Crippen molar-refractivity contribution in [2.45, 2.75) is 5.88 Å². The van der Waals surface area contributed by atoms with E-state index in [9.17, 15) is 0 Å². The van der Waals surface area contributed by atoms with Crippen molar-refractivity contribution in [1.29, 1.82) is 0 Å². The summed E-state index contributed by atoms with van der Waals surface area (Å²) >= 11 is 7.38. The van der Waals surface area contributed by atoms with Crippen molar-refractivity contribution >= 4 is 38.8 Å². The van der Waals surface area contributed by atoms with Gasteiger partial charge in [0.15, 0.2) is 5.65 Å². The molecule has 0 bridgehead atoms. The largest absolute Gasteiger partial charge is 0.268 e. The maximum Gasteiger partial charge on any atom is 0.172 e. The molecule has 0 spiro atoms. The van der Waals surface area contributed by atoms with Crippen molar-refractivity contribution in [2.24, 2.45) is 0 Å². The van der Waals surface area contributed by atoms with Crippen molar-refractivity contribution in [3.8, 4) is 0 Å². The predicted molar refractivity (Wildman–Crippen MR) is 55.7 cm³/mol. The van der Waals surface area contributed by atoms with Crippen LogP contribution in [0, 0.1) is 0 Å². The highest BCUT2D eigenvalue weighted by Gasteiger charge is 2.09. The second-order valence-corrected chi connectivity index (χ2v) is 3.99. The number of thiophene rings is 1. The summed E-state index contributed by atoms with van der Waals surface area (Å²) in [5, 5.41) is 10.9. The molecule has 0 fully saturated rings. The average molecular weight is 225 g/mol. The topological polar surface area (TPSA) is 43.1 Å². The van der Waals surface area contributed by atoms with E-state index in [1.54, 1.807) is 17.7 Å². The van der Waals surface area contributed by atoms with Gasteiger partial charge in [0, 0.05) is 0 Å². The number of hydrogen-bond donors (Lipinski definition) is 0. The quantitative estimate of drug-likeness (QED) is 0.595. The fraction of sp³-hybridized carbons (Fsp3) is 0.125. The summed E-state index contributed by atoms with van der Waals surface area (Å²) in [7, 11) is 0. The SMILES string of the molecule is ClCc1nc2sccc2c2nncn12. The van der Waals surface area contributed by atoms with Crippen LogP contribution in [0.2, 0.25) is 0 Å². The third kappa shape index (κ3) is 0.964. The molecule has 0 saturated carbocycles. The molecule has 0 atom stereocenters. The number of nitrogens with zero attached hydrogens (tertiary/aromatic N) is 4. The molecule has 3 aromatic rings. The number of alkyl halides is 1. The van der Waals surface area contributed by atoms with Crippen molar-refractivity contribution in [3.63, 3.8) is 0 Å². The van der Waals surface area contributed by atoms with Crippen LogP contribution >= 0.6 is 22.9 Å². The molecule has 3 aromatic heterocycles. The molecule has 3 rings (SSSR count). The Balaban J connectivity index is 2.59. The molecule has 3 heterocycles. The van der Waals surface area contributed by atoms with Crippen molar-refractivity contribution in [1.82, 2.24) is 19.6 Å². The highest BCUT2D eigenvalue weighted by atomic mass is 35.5. The Morgan fingerprint density at radius 3 is 3.29 bits per heavy atom. The van der Waals surface area contributed by atoms with E-state index in [1.807, 2.05) is 15.8 Å². The molecule has 0 radical (unpaired) electrons. The van der Waals surface area contributed by atoms with Gasteiger partial charge in [-0.25, -0.2) is 4.98 Å². The lowest BCUT2D eigenvalue weighted by Crippen LogP contribution is -1.96. The van der Waals surface area contributed by atoms with Gasteiger partial charge in [0.05, 0.1) is 11.3 Å². The first kappa shape index (κ1) is 8.14. The summed E-state index contributed by atoms with van der Waals surface area (Å²) in [5.41, 5.74) is 0.826. The zero-order valence-corrected chi connectivity index (χ0v) is 8.59. The first-order valence-corrected chi connectivity index (χ1v) is 5.43. The van der Waals surface area contributed by atoms with Crippen LogP contribution in [0.4, 0.5) is 0 Å². The number of halogens is 1. The van der Waals surface area contributed by atoms with Gasteiger partial charge in [-0.15, -0.1) is 33.1 Å². The average Bonchev–Trinajstić information content (AvgIpc) is 2.83. The molecule has 4 nitrogen and oxygen atoms in total. The van der Waals surface area contributed by atoms with Crippen LogP contribution in [-0.4, -0.2) is 19.6 Å². The number of rotatable bonds is 1. The lowest BCUT2D eigenvalue weighted by Gasteiger charge is -1.99. The maximum absolute atomic E-state index is 5.80. The van der Waals surface area contributed by atoms with Gasteiger partial charge in [-0.3, -0.25) is 4.40 Å². The fourth-order valence-electron chi connectivity index (χ4n) is 1.43. The van der Waals surface area contributed by atoms with E-state index in [2.05, 4.69) is 15.2 Å². The van der Waals surface area contributed by atoms with Gasteiger partial charge in [-0.1, -0.05) is 0 Å². The Hall–Kier alpha value is -1.20. The first-order chi connectivity index (χ1) is 6.90. The summed E-state index contributed by atoms with van der Waals surface area (Å²) in [5.74, 6) is 1.14. The first-order valence-electron chi connectivity index (χ1n) is 4.02. The Labute approximate surface area is 88.2 Å². The molecule has 6 heteroatoms. The summed E-state index contributed by atoms with van der Waals surface area (Å²) in [6.07, 6.45) is 1.64. The number of fused-ring (bicyclic) bond motifs is 3. The highest BCUT2D eigenvalue weighted by Crippen LogP contribution is 2.23. The Morgan fingerprint density at radius 2 is 2.43 bits per heavy atom. The molecular formula is C8H5ClN4S. The molecule has 70 valence electrons. The normalized spacial score (nSPS) is 11.5. The summed E-state index contributed by atoms with van der Waals surface area (Å²) in [6, 6.07) is 2.00. The second-order valence-electron chi connectivity index (χ2n) is 2.83. The highest BCUT2D eigenvalue weighted by molar-refractivity contribution is 7.16. The van der Waals surface area contributed by atoms with Gasteiger partial charge in [0.25, 0.3) is 0 Å². The van der Waals surface area contributed by atoms with Crippen LogP contribution < -0.4 is 0 Å². The molecule has 0 unspecified atom stereocenters. The molecule has 0 aliphatic carbocycles. The third-order valence-electron chi connectivity index (χ3n) is 2.06. The van der Waals surface area contributed by atoms with Crippen molar-refractivity contribution in [3.05, 3.63) is 23.6 Å². The molecule has 0 N–H and O–H groups in total. The third-order valence-corrected chi connectivity index (χ3v) is 3.11. The second kappa shape index (κ2) is 2.90. The molecule has 0 aliphatic rings. The van der Waals surface area contributed by atoms with Gasteiger partial charge >= 0.3 is 0 Å². The van der Waals surface area contributed by atoms with E-state index in [0.717, 1.165) is 21.7 Å². The molecular weight excluding hydrogens is 220 g/mol. The number of hydrogen-bond acceptors (Lipinski definition) is 4. The van der Waals surface area contributed by atoms with Crippen LogP contribution in [-0.2, 0) is 5.88 Å². The zero-order chi connectivity index (χ0) is 9.54. The van der Waals surface area contributed by atoms with Gasteiger partial charge in [0.2, 0.25) is 0 Å². The Bertz CT molecular complexity index is 599. The smallest absolute Gasteiger partial charge is 0.172 e. The van der Waals surface area contributed by atoms with Crippen molar-refractivity contribution < 1.29 is 0 Å². The molecule has 0 amide bonds. The molecule has 0 saturated heterocycles. The van der Waals surface area contributed by atoms with E-state index in [-0.39, 0.29) is 0 Å². The predicted octanol–water partition coefficient (Wildman–Crippen LogP) is 2.08. The summed E-state index contributed by atoms with van der Waals surface area (Å²) in [4.78, 5) is 5.38. The minimum absolute atomic E-state index is 0.363. The standard InChI is InChI=1S/C8H5ClN4S/c9-3-6-11-8-5(1-2-14-8)7-12-10-4-13(6)7/h1-2,4H,3H2. The molecule has 14 heavy (non-hydrogen) atoms. The van der Waals surface area contributed by atoms with Crippen LogP contribution in [0.3, 0.4) is 0 Å². The summed E-state index contributed by atoms with van der Waals surface area (Å²) < 4.78 is 1.82. The van der Waals surface area contributed by atoms with E-state index in [4.69, 9.17) is 11.6 Å². The van der Waals surface area contributed by atoms with E-state index < -0.39 is 0 Å². The van der Waals surface area contributed by atoms with Crippen LogP contribution in [0.15, 0.2) is 17.8 Å². The molecule has 0 aliphatic heterocycles. The van der Waals surface area contributed by atoms with Crippen LogP contribution in [0.5, 0.6) is 0 Å². The van der Waals surface area contributed by atoms with Gasteiger partial charge in [-0.05, 0) is 11.4 Å². The summed E-state index contributed by atoms with van der Waals surface area (Å²) in [6.45, 7) is 0. The Kier molecular flexibility index (Phi) is 1.68. The van der Waals surface area contributed by atoms with Crippen LogP contribution in [0.1, 0.15) is 5.82 Å². The minimum atomic E-state index is 0.363. The lowest BCUT2D eigenvalue weighted by atomic mass is 10.4. The minimum Gasteiger partial charge on any atom is -0.268 e. The monoisotopic (exact) mass is 224 g/mol. The lowest BCUT2D eigenvalue weighted by molar-refractivity contribution is 0.987. The number of aromatic nitrogens is 4. The van der Waals surface area contributed by atoms with E-state index >= 15 is 0 Å². The van der Waals surface area contributed by atoms with Crippen molar-refractivity contribution in [2.75, 3.05) is 0 Å². The van der Waals surface area contributed by atoms with Gasteiger partial charge in [-0.2, -0.15) is 0 Å². The van der Waals surface area contributed by atoms with Gasteiger partial charge < -0.3 is 0 Å². The van der Waals surface area contributed by atoms with Gasteiger partial charge in [0.1, 0.15) is 17.0 Å². The van der Waals surface area contributed by atoms with E-state index in [1.165, 1.54) is 0 Å². The maximum atomic E-state index is 5.80.